The van der Waals surface area contributed by atoms with Crippen LogP contribution in [-0.4, -0.2) is 34.1 Å². The van der Waals surface area contributed by atoms with Gasteiger partial charge in [0.2, 0.25) is 0 Å². The van der Waals surface area contributed by atoms with Gasteiger partial charge in [-0.05, 0) is 31.6 Å². The minimum Gasteiger partial charge on any atom is -0.396 e. The third kappa shape index (κ3) is 3.73. The van der Waals surface area contributed by atoms with E-state index in [0.29, 0.717) is 24.1 Å². The summed E-state index contributed by atoms with van der Waals surface area (Å²) in [6.07, 6.45) is 7.58. The predicted molar refractivity (Wildman–Crippen MR) is 71.6 cm³/mol. The maximum atomic E-state index is 11.9. The lowest BCUT2D eigenvalue weighted by Crippen LogP contribution is -2.35. The quantitative estimate of drug-likeness (QED) is 0.859. The van der Waals surface area contributed by atoms with Crippen LogP contribution in [0.25, 0.3) is 0 Å². The van der Waals surface area contributed by atoms with Crippen LogP contribution in [0.3, 0.4) is 0 Å². The number of rotatable bonds is 4. The minimum atomic E-state index is -0.185. The molecular weight excluding hydrogens is 242 g/mol. The van der Waals surface area contributed by atoms with Gasteiger partial charge >= 0.3 is 0 Å². The monoisotopic (exact) mass is 263 g/mol. The Hall–Kier alpha value is -1.49. The summed E-state index contributed by atoms with van der Waals surface area (Å²) < 4.78 is 0. The number of carbonyl (C=O) groups excluding carboxylic acids is 1. The first kappa shape index (κ1) is 13.9. The van der Waals surface area contributed by atoms with Crippen molar-refractivity contribution in [1.29, 1.82) is 0 Å². The van der Waals surface area contributed by atoms with Crippen molar-refractivity contribution in [3.63, 3.8) is 0 Å². The summed E-state index contributed by atoms with van der Waals surface area (Å²) in [5.74, 6) is 0.508. The van der Waals surface area contributed by atoms with Crippen molar-refractivity contribution in [2.45, 2.75) is 32.6 Å². The molecule has 0 saturated heterocycles. The molecule has 5 heteroatoms. The molecule has 2 atom stereocenters. The number of hydrogen-bond donors (Lipinski definition) is 2. The molecule has 19 heavy (non-hydrogen) atoms. The highest BCUT2D eigenvalue weighted by atomic mass is 16.3. The summed E-state index contributed by atoms with van der Waals surface area (Å²) in [7, 11) is 0. The average molecular weight is 263 g/mol. The highest BCUT2D eigenvalue weighted by molar-refractivity contribution is 5.91. The highest BCUT2D eigenvalue weighted by Gasteiger charge is 2.24. The Labute approximate surface area is 113 Å². The zero-order chi connectivity index (χ0) is 13.7. The zero-order valence-electron chi connectivity index (χ0n) is 11.3. The van der Waals surface area contributed by atoms with E-state index in [0.717, 1.165) is 18.5 Å². The van der Waals surface area contributed by atoms with Gasteiger partial charge in [-0.1, -0.05) is 12.8 Å². The second-order valence-corrected chi connectivity index (χ2v) is 5.24. The van der Waals surface area contributed by atoms with E-state index in [4.69, 9.17) is 0 Å². The van der Waals surface area contributed by atoms with E-state index < -0.39 is 0 Å². The SMILES string of the molecule is Cc1cnc(C(=O)NCC2CCCCC2CO)cn1. The molecule has 1 heterocycles. The highest BCUT2D eigenvalue weighted by Crippen LogP contribution is 2.29. The summed E-state index contributed by atoms with van der Waals surface area (Å²) in [5, 5.41) is 12.2. The molecule has 2 unspecified atom stereocenters. The summed E-state index contributed by atoms with van der Waals surface area (Å²) in [5.41, 5.74) is 1.14. The van der Waals surface area contributed by atoms with Gasteiger partial charge in [0.05, 0.1) is 11.9 Å². The second kappa shape index (κ2) is 6.61. The van der Waals surface area contributed by atoms with Gasteiger partial charge < -0.3 is 10.4 Å². The van der Waals surface area contributed by atoms with Gasteiger partial charge in [0.15, 0.2) is 0 Å². The van der Waals surface area contributed by atoms with E-state index in [9.17, 15) is 9.90 Å². The van der Waals surface area contributed by atoms with E-state index in [2.05, 4.69) is 15.3 Å². The number of amides is 1. The number of aliphatic hydroxyl groups is 1. The standard InChI is InChI=1S/C14H21N3O2/c1-10-6-16-13(8-15-10)14(19)17-7-11-4-2-3-5-12(11)9-18/h6,8,11-12,18H,2-5,7,9H2,1H3,(H,17,19). The van der Waals surface area contributed by atoms with Gasteiger partial charge in [-0.25, -0.2) is 4.98 Å². The molecule has 1 aromatic heterocycles. The van der Waals surface area contributed by atoms with Crippen molar-refractivity contribution in [2.24, 2.45) is 11.8 Å². The van der Waals surface area contributed by atoms with Gasteiger partial charge in [-0.2, -0.15) is 0 Å². The number of nitrogens with zero attached hydrogens (tertiary/aromatic N) is 2. The Kier molecular flexibility index (Phi) is 4.85. The topological polar surface area (TPSA) is 75.1 Å². The molecule has 0 bridgehead atoms. The van der Waals surface area contributed by atoms with Crippen molar-refractivity contribution < 1.29 is 9.90 Å². The fourth-order valence-electron chi connectivity index (χ4n) is 2.62. The molecule has 104 valence electrons. The van der Waals surface area contributed by atoms with E-state index in [1.54, 1.807) is 6.20 Å². The van der Waals surface area contributed by atoms with Gasteiger partial charge in [0, 0.05) is 19.3 Å². The second-order valence-electron chi connectivity index (χ2n) is 5.24. The third-order valence-electron chi connectivity index (χ3n) is 3.84. The number of carbonyl (C=O) groups is 1. The van der Waals surface area contributed by atoms with Crippen molar-refractivity contribution in [3.8, 4) is 0 Å². The number of hydrogen-bond acceptors (Lipinski definition) is 4. The predicted octanol–water partition coefficient (Wildman–Crippen LogP) is 1.31. The normalized spacial score (nSPS) is 23.1. The lowest BCUT2D eigenvalue weighted by Gasteiger charge is -2.30. The van der Waals surface area contributed by atoms with Crippen LogP contribution in [0.2, 0.25) is 0 Å². The number of aryl methyl sites for hydroxylation is 1. The van der Waals surface area contributed by atoms with Gasteiger partial charge in [-0.3, -0.25) is 9.78 Å². The molecular formula is C14H21N3O2. The van der Waals surface area contributed by atoms with Crippen LogP contribution in [0.4, 0.5) is 0 Å². The molecule has 1 aliphatic rings. The number of aromatic nitrogens is 2. The molecule has 2 N–H and O–H groups in total. The third-order valence-corrected chi connectivity index (χ3v) is 3.84. The summed E-state index contributed by atoms with van der Waals surface area (Å²) in [6.45, 7) is 2.66. The van der Waals surface area contributed by atoms with Crippen LogP contribution in [0.1, 0.15) is 41.9 Å². The van der Waals surface area contributed by atoms with Crippen LogP contribution < -0.4 is 5.32 Å². The Bertz CT molecular complexity index is 419. The van der Waals surface area contributed by atoms with Crippen LogP contribution >= 0.6 is 0 Å². The number of nitrogens with one attached hydrogen (secondary N) is 1. The fourth-order valence-corrected chi connectivity index (χ4v) is 2.62. The summed E-state index contributed by atoms with van der Waals surface area (Å²) in [6, 6.07) is 0. The molecule has 2 rings (SSSR count). The largest absolute Gasteiger partial charge is 0.396 e. The summed E-state index contributed by atoms with van der Waals surface area (Å²) in [4.78, 5) is 20.0. The molecule has 0 aliphatic heterocycles. The summed E-state index contributed by atoms with van der Waals surface area (Å²) >= 11 is 0. The van der Waals surface area contributed by atoms with E-state index in [1.165, 1.54) is 19.0 Å². The molecule has 0 spiro atoms. The van der Waals surface area contributed by atoms with Crippen LogP contribution in [0, 0.1) is 18.8 Å². The average Bonchev–Trinajstić information content (AvgIpc) is 2.45. The van der Waals surface area contributed by atoms with Crippen molar-refractivity contribution in [3.05, 3.63) is 23.8 Å². The lowest BCUT2D eigenvalue weighted by molar-refractivity contribution is 0.0904. The minimum absolute atomic E-state index is 0.185. The van der Waals surface area contributed by atoms with E-state index in [-0.39, 0.29) is 12.5 Å². The zero-order valence-corrected chi connectivity index (χ0v) is 11.3. The van der Waals surface area contributed by atoms with Gasteiger partial charge in [0.25, 0.3) is 5.91 Å². The van der Waals surface area contributed by atoms with Crippen molar-refractivity contribution >= 4 is 5.91 Å². The molecule has 1 aromatic rings. The van der Waals surface area contributed by atoms with E-state index >= 15 is 0 Å². The molecule has 1 aliphatic carbocycles. The smallest absolute Gasteiger partial charge is 0.271 e. The molecule has 0 radical (unpaired) electrons. The lowest BCUT2D eigenvalue weighted by atomic mass is 9.79. The molecule has 1 fully saturated rings. The Balaban J connectivity index is 1.87. The Morgan fingerprint density at radius 3 is 2.68 bits per heavy atom. The van der Waals surface area contributed by atoms with Crippen molar-refractivity contribution in [1.82, 2.24) is 15.3 Å². The van der Waals surface area contributed by atoms with Crippen LogP contribution in [0.15, 0.2) is 12.4 Å². The van der Waals surface area contributed by atoms with Crippen molar-refractivity contribution in [2.75, 3.05) is 13.2 Å². The maximum Gasteiger partial charge on any atom is 0.271 e. The molecule has 0 aromatic carbocycles. The van der Waals surface area contributed by atoms with Crippen LogP contribution in [-0.2, 0) is 0 Å². The molecule has 5 nitrogen and oxygen atoms in total. The Morgan fingerprint density at radius 1 is 1.32 bits per heavy atom. The first-order valence-electron chi connectivity index (χ1n) is 6.88. The molecule has 1 amide bonds. The first-order chi connectivity index (χ1) is 9.20. The van der Waals surface area contributed by atoms with E-state index in [1.807, 2.05) is 6.92 Å². The van der Waals surface area contributed by atoms with Gasteiger partial charge in [0.1, 0.15) is 5.69 Å². The molecule has 1 saturated carbocycles. The number of aliphatic hydroxyl groups excluding tert-OH is 1. The maximum absolute atomic E-state index is 11.9. The van der Waals surface area contributed by atoms with Crippen LogP contribution in [0.5, 0.6) is 0 Å². The Morgan fingerprint density at radius 2 is 2.05 bits per heavy atom. The van der Waals surface area contributed by atoms with Gasteiger partial charge in [-0.15, -0.1) is 0 Å². The first-order valence-corrected chi connectivity index (χ1v) is 6.88. The fraction of sp³-hybridized carbons (Fsp3) is 0.643.